The minimum Gasteiger partial charge on any atom is -0.355 e. The highest BCUT2D eigenvalue weighted by Gasteiger charge is 2.30. The summed E-state index contributed by atoms with van der Waals surface area (Å²) in [6.07, 6.45) is 5.12. The highest BCUT2D eigenvalue weighted by Crippen LogP contribution is 2.26. The Kier molecular flexibility index (Phi) is 3.10. The molecule has 0 aromatic carbocycles. The van der Waals surface area contributed by atoms with E-state index >= 15 is 0 Å². The van der Waals surface area contributed by atoms with Crippen molar-refractivity contribution in [3.8, 4) is 0 Å². The van der Waals surface area contributed by atoms with Gasteiger partial charge in [0.05, 0.1) is 11.0 Å². The van der Waals surface area contributed by atoms with Crippen LogP contribution in [0.3, 0.4) is 0 Å². The predicted octanol–water partition coefficient (Wildman–Crippen LogP) is 1.63. The van der Waals surface area contributed by atoms with E-state index < -0.39 is 0 Å². The Morgan fingerprint density at radius 2 is 2.21 bits per heavy atom. The SMILES string of the molecule is Cc1cnc(N2CCC3CCC(C2)N3)cc1[N+](=O)[O-]. The summed E-state index contributed by atoms with van der Waals surface area (Å²) in [6.45, 7) is 3.53. The van der Waals surface area contributed by atoms with Gasteiger partial charge in [-0.3, -0.25) is 10.1 Å². The van der Waals surface area contributed by atoms with Gasteiger partial charge in [-0.2, -0.15) is 0 Å². The van der Waals surface area contributed by atoms with E-state index in [4.69, 9.17) is 0 Å². The third kappa shape index (κ3) is 2.40. The van der Waals surface area contributed by atoms with Gasteiger partial charge in [-0.25, -0.2) is 4.98 Å². The molecule has 6 nitrogen and oxygen atoms in total. The molecule has 6 heteroatoms. The van der Waals surface area contributed by atoms with Crippen LogP contribution >= 0.6 is 0 Å². The van der Waals surface area contributed by atoms with E-state index in [-0.39, 0.29) is 10.6 Å². The van der Waals surface area contributed by atoms with Crippen LogP contribution in [0.4, 0.5) is 11.5 Å². The average molecular weight is 262 g/mol. The number of fused-ring (bicyclic) bond motifs is 2. The van der Waals surface area contributed by atoms with Crippen molar-refractivity contribution >= 4 is 11.5 Å². The maximum absolute atomic E-state index is 11.0. The van der Waals surface area contributed by atoms with E-state index in [0.717, 1.165) is 25.3 Å². The fraction of sp³-hybridized carbons (Fsp3) is 0.615. The van der Waals surface area contributed by atoms with E-state index in [1.807, 2.05) is 0 Å². The summed E-state index contributed by atoms with van der Waals surface area (Å²) in [4.78, 5) is 17.2. The third-order valence-electron chi connectivity index (χ3n) is 4.10. The van der Waals surface area contributed by atoms with Crippen LogP contribution in [0.1, 0.15) is 24.8 Å². The van der Waals surface area contributed by atoms with Gasteiger partial charge in [0.15, 0.2) is 0 Å². The number of nitrogens with one attached hydrogen (secondary N) is 1. The molecule has 3 rings (SSSR count). The largest absolute Gasteiger partial charge is 0.355 e. The molecule has 2 fully saturated rings. The monoisotopic (exact) mass is 262 g/mol. The molecule has 102 valence electrons. The molecule has 0 spiro atoms. The molecule has 1 N–H and O–H groups in total. The van der Waals surface area contributed by atoms with Crippen LogP contribution in [0.25, 0.3) is 0 Å². The number of nitro groups is 1. The topological polar surface area (TPSA) is 71.3 Å². The van der Waals surface area contributed by atoms with E-state index in [1.165, 1.54) is 12.8 Å². The Labute approximate surface area is 112 Å². The molecule has 0 amide bonds. The first-order valence-corrected chi connectivity index (χ1v) is 6.75. The van der Waals surface area contributed by atoms with E-state index in [0.29, 0.717) is 17.6 Å². The summed E-state index contributed by atoms with van der Waals surface area (Å²) in [7, 11) is 0. The Morgan fingerprint density at radius 3 is 3.00 bits per heavy atom. The number of rotatable bonds is 2. The first-order valence-electron chi connectivity index (χ1n) is 6.75. The van der Waals surface area contributed by atoms with Gasteiger partial charge < -0.3 is 10.2 Å². The third-order valence-corrected chi connectivity index (χ3v) is 4.10. The zero-order chi connectivity index (χ0) is 13.4. The molecular formula is C13H18N4O2. The summed E-state index contributed by atoms with van der Waals surface area (Å²) in [6, 6.07) is 2.71. The lowest BCUT2D eigenvalue weighted by molar-refractivity contribution is -0.385. The molecule has 1 aromatic rings. The maximum atomic E-state index is 11.0. The molecular weight excluding hydrogens is 244 g/mol. The maximum Gasteiger partial charge on any atom is 0.277 e. The van der Waals surface area contributed by atoms with Crippen molar-refractivity contribution in [3.05, 3.63) is 27.9 Å². The number of aryl methyl sites for hydroxylation is 1. The van der Waals surface area contributed by atoms with Gasteiger partial charge in [0.2, 0.25) is 0 Å². The second-order valence-electron chi connectivity index (χ2n) is 5.46. The Morgan fingerprint density at radius 1 is 1.42 bits per heavy atom. The number of hydrogen-bond acceptors (Lipinski definition) is 5. The molecule has 0 radical (unpaired) electrons. The number of nitrogens with zero attached hydrogens (tertiary/aromatic N) is 3. The Balaban J connectivity index is 1.85. The lowest BCUT2D eigenvalue weighted by Crippen LogP contribution is -2.35. The second-order valence-corrected chi connectivity index (χ2v) is 5.46. The summed E-state index contributed by atoms with van der Waals surface area (Å²) in [5, 5.41) is 14.6. The normalized spacial score (nSPS) is 26.3. The van der Waals surface area contributed by atoms with Gasteiger partial charge in [0.25, 0.3) is 5.69 Å². The quantitative estimate of drug-likeness (QED) is 0.648. The fourth-order valence-corrected chi connectivity index (χ4v) is 3.02. The van der Waals surface area contributed by atoms with E-state index in [1.54, 1.807) is 19.2 Å². The van der Waals surface area contributed by atoms with Crippen LogP contribution < -0.4 is 10.2 Å². The van der Waals surface area contributed by atoms with Crippen molar-refractivity contribution in [3.63, 3.8) is 0 Å². The number of hydrogen-bond donors (Lipinski definition) is 1. The molecule has 2 saturated heterocycles. The van der Waals surface area contributed by atoms with Crippen LogP contribution in [0.5, 0.6) is 0 Å². The van der Waals surface area contributed by atoms with E-state index in [2.05, 4.69) is 15.2 Å². The molecule has 2 unspecified atom stereocenters. The lowest BCUT2D eigenvalue weighted by Gasteiger charge is -2.25. The standard InChI is InChI=1S/C13H18N4O2/c1-9-7-14-13(6-12(9)17(18)19)16-5-4-10-2-3-11(8-16)15-10/h6-7,10-11,15H,2-5,8H2,1H3. The molecule has 2 aliphatic heterocycles. The first-order chi connectivity index (χ1) is 9.13. The van der Waals surface area contributed by atoms with Crippen LogP contribution in [0, 0.1) is 17.0 Å². The highest BCUT2D eigenvalue weighted by atomic mass is 16.6. The van der Waals surface area contributed by atoms with Crippen molar-refractivity contribution in [2.75, 3.05) is 18.0 Å². The van der Waals surface area contributed by atoms with Gasteiger partial charge in [0.1, 0.15) is 5.82 Å². The van der Waals surface area contributed by atoms with Gasteiger partial charge in [0, 0.05) is 36.9 Å². The lowest BCUT2D eigenvalue weighted by atomic mass is 10.1. The molecule has 1 aromatic heterocycles. The molecule has 2 atom stereocenters. The molecule has 2 aliphatic rings. The minimum atomic E-state index is -0.331. The molecule has 3 heterocycles. The first kappa shape index (κ1) is 12.3. The summed E-state index contributed by atoms with van der Waals surface area (Å²) < 4.78 is 0. The summed E-state index contributed by atoms with van der Waals surface area (Å²) >= 11 is 0. The molecule has 19 heavy (non-hydrogen) atoms. The smallest absolute Gasteiger partial charge is 0.277 e. The van der Waals surface area contributed by atoms with Crippen molar-refractivity contribution in [2.45, 2.75) is 38.3 Å². The highest BCUT2D eigenvalue weighted by molar-refractivity contribution is 5.51. The van der Waals surface area contributed by atoms with Gasteiger partial charge in [-0.15, -0.1) is 0 Å². The van der Waals surface area contributed by atoms with Crippen molar-refractivity contribution in [2.24, 2.45) is 0 Å². The average Bonchev–Trinajstić information content (AvgIpc) is 2.70. The summed E-state index contributed by atoms with van der Waals surface area (Å²) in [5.74, 6) is 0.728. The molecule has 0 aliphatic carbocycles. The van der Waals surface area contributed by atoms with Gasteiger partial charge in [-0.05, 0) is 26.2 Å². The van der Waals surface area contributed by atoms with Crippen LogP contribution in [0.2, 0.25) is 0 Å². The van der Waals surface area contributed by atoms with Crippen molar-refractivity contribution < 1.29 is 4.92 Å². The fourth-order valence-electron chi connectivity index (χ4n) is 3.02. The number of aromatic nitrogens is 1. The zero-order valence-electron chi connectivity index (χ0n) is 11.0. The minimum absolute atomic E-state index is 0.160. The number of anilines is 1. The van der Waals surface area contributed by atoms with Crippen molar-refractivity contribution in [1.82, 2.24) is 10.3 Å². The Hall–Kier alpha value is -1.69. The van der Waals surface area contributed by atoms with Crippen molar-refractivity contribution in [1.29, 1.82) is 0 Å². The Bertz CT molecular complexity index is 505. The summed E-state index contributed by atoms with van der Waals surface area (Å²) in [5.41, 5.74) is 0.774. The second kappa shape index (κ2) is 4.77. The number of pyridine rings is 1. The predicted molar refractivity (Wildman–Crippen MR) is 72.4 cm³/mol. The van der Waals surface area contributed by atoms with Crippen LogP contribution in [0.15, 0.2) is 12.3 Å². The zero-order valence-corrected chi connectivity index (χ0v) is 11.0. The molecule has 0 saturated carbocycles. The van der Waals surface area contributed by atoms with Gasteiger partial charge >= 0.3 is 0 Å². The van der Waals surface area contributed by atoms with Crippen LogP contribution in [-0.2, 0) is 0 Å². The molecule has 2 bridgehead atoms. The van der Waals surface area contributed by atoms with Crippen LogP contribution in [-0.4, -0.2) is 35.1 Å². The van der Waals surface area contributed by atoms with Gasteiger partial charge in [-0.1, -0.05) is 0 Å². The van der Waals surface area contributed by atoms with E-state index in [9.17, 15) is 10.1 Å².